The summed E-state index contributed by atoms with van der Waals surface area (Å²) in [4.78, 5) is 14.0. The quantitative estimate of drug-likeness (QED) is 0.798. The lowest BCUT2D eigenvalue weighted by Gasteiger charge is -2.23. The Morgan fingerprint density at radius 1 is 1.47 bits per heavy atom. The molecule has 4 heteroatoms. The topological polar surface area (TPSA) is 32.3 Å². The maximum absolute atomic E-state index is 12.0. The highest BCUT2D eigenvalue weighted by atomic mass is 35.5. The molecule has 1 rings (SSSR count). The summed E-state index contributed by atoms with van der Waals surface area (Å²) in [6, 6.07) is 0.585. The van der Waals surface area contributed by atoms with Crippen LogP contribution >= 0.6 is 12.4 Å². The van der Waals surface area contributed by atoms with Crippen LogP contribution in [0.25, 0.3) is 0 Å². The van der Waals surface area contributed by atoms with Gasteiger partial charge in [-0.1, -0.05) is 13.8 Å². The van der Waals surface area contributed by atoms with E-state index in [2.05, 4.69) is 26.1 Å². The average Bonchev–Trinajstić information content (AvgIpc) is 2.75. The SMILES string of the molecule is CCN(CC(C)C)C(=O)CCC1CCCN1.Cl. The minimum atomic E-state index is 0. The number of rotatable bonds is 6. The summed E-state index contributed by atoms with van der Waals surface area (Å²) in [7, 11) is 0. The average molecular weight is 263 g/mol. The molecule has 0 aliphatic carbocycles. The second-order valence-electron chi connectivity index (χ2n) is 5.16. The van der Waals surface area contributed by atoms with Crippen LogP contribution in [0.2, 0.25) is 0 Å². The summed E-state index contributed by atoms with van der Waals surface area (Å²) in [6.45, 7) is 9.25. The van der Waals surface area contributed by atoms with Gasteiger partial charge in [-0.3, -0.25) is 4.79 Å². The van der Waals surface area contributed by atoms with Gasteiger partial charge in [0.1, 0.15) is 0 Å². The van der Waals surface area contributed by atoms with E-state index in [0.29, 0.717) is 24.3 Å². The van der Waals surface area contributed by atoms with E-state index in [0.717, 1.165) is 26.1 Å². The number of hydrogen-bond acceptors (Lipinski definition) is 2. The predicted octanol–water partition coefficient (Wildman–Crippen LogP) is 2.44. The van der Waals surface area contributed by atoms with Gasteiger partial charge in [0, 0.05) is 25.6 Å². The fourth-order valence-electron chi connectivity index (χ4n) is 2.31. The molecule has 1 atom stereocenters. The smallest absolute Gasteiger partial charge is 0.222 e. The molecule has 0 aromatic heterocycles. The summed E-state index contributed by atoms with van der Waals surface area (Å²) < 4.78 is 0. The van der Waals surface area contributed by atoms with Crippen molar-refractivity contribution in [3.05, 3.63) is 0 Å². The molecule has 0 aromatic carbocycles. The van der Waals surface area contributed by atoms with E-state index in [1.165, 1.54) is 12.8 Å². The summed E-state index contributed by atoms with van der Waals surface area (Å²) in [5.41, 5.74) is 0. The van der Waals surface area contributed by atoms with E-state index >= 15 is 0 Å². The Balaban J connectivity index is 0.00000256. The lowest BCUT2D eigenvalue weighted by Crippen LogP contribution is -2.35. The van der Waals surface area contributed by atoms with Crippen LogP contribution in [-0.2, 0) is 4.79 Å². The molecule has 1 saturated heterocycles. The van der Waals surface area contributed by atoms with Gasteiger partial charge < -0.3 is 10.2 Å². The molecule has 0 radical (unpaired) electrons. The Bertz CT molecular complexity index is 215. The molecular formula is C13H27ClN2O. The first-order valence-electron chi connectivity index (χ1n) is 6.64. The summed E-state index contributed by atoms with van der Waals surface area (Å²) in [5, 5.41) is 3.44. The zero-order chi connectivity index (χ0) is 12.0. The van der Waals surface area contributed by atoms with Gasteiger partial charge in [0.15, 0.2) is 0 Å². The van der Waals surface area contributed by atoms with Gasteiger partial charge >= 0.3 is 0 Å². The second kappa shape index (κ2) is 8.76. The van der Waals surface area contributed by atoms with Crippen LogP contribution in [0.15, 0.2) is 0 Å². The summed E-state index contributed by atoms with van der Waals surface area (Å²) >= 11 is 0. The van der Waals surface area contributed by atoms with Gasteiger partial charge in [0.2, 0.25) is 5.91 Å². The van der Waals surface area contributed by atoms with Crippen LogP contribution in [0.5, 0.6) is 0 Å². The van der Waals surface area contributed by atoms with Gasteiger partial charge in [0.05, 0.1) is 0 Å². The lowest BCUT2D eigenvalue weighted by atomic mass is 10.1. The van der Waals surface area contributed by atoms with Crippen molar-refractivity contribution in [2.24, 2.45) is 5.92 Å². The van der Waals surface area contributed by atoms with Gasteiger partial charge in [-0.2, -0.15) is 0 Å². The van der Waals surface area contributed by atoms with Gasteiger partial charge in [-0.05, 0) is 38.6 Å². The fraction of sp³-hybridized carbons (Fsp3) is 0.923. The monoisotopic (exact) mass is 262 g/mol. The first-order valence-corrected chi connectivity index (χ1v) is 6.64. The third kappa shape index (κ3) is 6.27. The summed E-state index contributed by atoms with van der Waals surface area (Å²) in [5.74, 6) is 0.887. The van der Waals surface area contributed by atoms with Crippen molar-refractivity contribution in [1.29, 1.82) is 0 Å². The van der Waals surface area contributed by atoms with Crippen molar-refractivity contribution in [2.75, 3.05) is 19.6 Å². The molecule has 0 spiro atoms. The van der Waals surface area contributed by atoms with E-state index < -0.39 is 0 Å². The molecule has 1 N–H and O–H groups in total. The largest absolute Gasteiger partial charge is 0.343 e. The summed E-state index contributed by atoms with van der Waals surface area (Å²) in [6.07, 6.45) is 4.22. The Labute approximate surface area is 112 Å². The van der Waals surface area contributed by atoms with E-state index in [-0.39, 0.29) is 12.4 Å². The van der Waals surface area contributed by atoms with E-state index in [1.54, 1.807) is 0 Å². The molecule has 102 valence electrons. The fourth-order valence-corrected chi connectivity index (χ4v) is 2.31. The normalized spacial score (nSPS) is 19.2. The molecule has 1 aliphatic heterocycles. The highest BCUT2D eigenvalue weighted by Gasteiger charge is 2.18. The van der Waals surface area contributed by atoms with E-state index in [1.807, 2.05) is 4.90 Å². The molecule has 0 bridgehead atoms. The number of carbonyl (C=O) groups excluding carboxylic acids is 1. The molecule has 1 amide bonds. The van der Waals surface area contributed by atoms with E-state index in [4.69, 9.17) is 0 Å². The number of nitrogens with one attached hydrogen (secondary N) is 1. The molecule has 0 saturated carbocycles. The van der Waals surface area contributed by atoms with Crippen LogP contribution in [-0.4, -0.2) is 36.5 Å². The second-order valence-corrected chi connectivity index (χ2v) is 5.16. The standard InChI is InChI=1S/C13H26N2O.ClH/c1-4-15(10-11(2)3)13(16)8-7-12-6-5-9-14-12;/h11-12,14H,4-10H2,1-3H3;1H. The molecule has 0 aromatic rings. The van der Waals surface area contributed by atoms with Crippen LogP contribution in [0.4, 0.5) is 0 Å². The lowest BCUT2D eigenvalue weighted by molar-refractivity contribution is -0.131. The molecular weight excluding hydrogens is 236 g/mol. The highest BCUT2D eigenvalue weighted by molar-refractivity contribution is 5.85. The van der Waals surface area contributed by atoms with Gasteiger partial charge in [-0.15, -0.1) is 12.4 Å². The minimum absolute atomic E-state index is 0. The maximum Gasteiger partial charge on any atom is 0.222 e. The highest BCUT2D eigenvalue weighted by Crippen LogP contribution is 2.12. The maximum atomic E-state index is 12.0. The van der Waals surface area contributed by atoms with Crippen molar-refractivity contribution in [3.8, 4) is 0 Å². The third-order valence-electron chi connectivity index (χ3n) is 3.19. The molecule has 3 nitrogen and oxygen atoms in total. The van der Waals surface area contributed by atoms with Crippen molar-refractivity contribution < 1.29 is 4.79 Å². The van der Waals surface area contributed by atoms with Crippen LogP contribution in [0, 0.1) is 5.92 Å². The number of nitrogens with zero attached hydrogens (tertiary/aromatic N) is 1. The van der Waals surface area contributed by atoms with E-state index in [9.17, 15) is 4.79 Å². The minimum Gasteiger partial charge on any atom is -0.343 e. The Morgan fingerprint density at radius 2 is 2.18 bits per heavy atom. The van der Waals surface area contributed by atoms with Crippen LogP contribution < -0.4 is 5.32 Å². The Morgan fingerprint density at radius 3 is 2.65 bits per heavy atom. The molecule has 17 heavy (non-hydrogen) atoms. The van der Waals surface area contributed by atoms with Crippen molar-refractivity contribution >= 4 is 18.3 Å². The van der Waals surface area contributed by atoms with Crippen LogP contribution in [0.3, 0.4) is 0 Å². The number of halogens is 1. The zero-order valence-corrected chi connectivity index (χ0v) is 12.2. The van der Waals surface area contributed by atoms with Crippen molar-refractivity contribution in [2.45, 2.75) is 52.5 Å². The van der Waals surface area contributed by atoms with Crippen molar-refractivity contribution in [3.63, 3.8) is 0 Å². The van der Waals surface area contributed by atoms with Crippen LogP contribution in [0.1, 0.15) is 46.5 Å². The Kier molecular flexibility index (Phi) is 8.61. The molecule has 1 unspecified atom stereocenters. The molecule has 1 fully saturated rings. The van der Waals surface area contributed by atoms with Crippen molar-refractivity contribution in [1.82, 2.24) is 10.2 Å². The molecule has 1 aliphatic rings. The first kappa shape index (κ1) is 16.7. The van der Waals surface area contributed by atoms with Gasteiger partial charge in [-0.25, -0.2) is 0 Å². The number of carbonyl (C=O) groups is 1. The molecule has 1 heterocycles. The number of amides is 1. The zero-order valence-electron chi connectivity index (χ0n) is 11.4. The Hall–Kier alpha value is -0.280. The third-order valence-corrected chi connectivity index (χ3v) is 3.19. The predicted molar refractivity (Wildman–Crippen MR) is 74.6 cm³/mol. The van der Waals surface area contributed by atoms with Gasteiger partial charge in [0.25, 0.3) is 0 Å². The first-order chi connectivity index (χ1) is 7.63. The number of hydrogen-bond donors (Lipinski definition) is 1.